The predicted molar refractivity (Wildman–Crippen MR) is 121 cm³/mol. The summed E-state index contributed by atoms with van der Waals surface area (Å²) in [5, 5.41) is 0. The standard InChI is InChI=1S/C14H20BFO2.C11H11FO2/c1-9-7-11(16)8-12(10(9)2)15-17-13(3,4)14(5,6)18-15;1-14-11(13)9-5-4-8(6-10(9)12)7-2-3-7/h7-8H,1-6H3;4-7H,2-3H2,1H3. The Labute approximate surface area is 189 Å². The third kappa shape index (κ3) is 5.04. The lowest BCUT2D eigenvalue weighted by atomic mass is 9.75. The van der Waals surface area contributed by atoms with Crippen LogP contribution in [0.2, 0.25) is 0 Å². The van der Waals surface area contributed by atoms with Crippen LogP contribution in [0.1, 0.15) is 73.5 Å². The summed E-state index contributed by atoms with van der Waals surface area (Å²) in [4.78, 5) is 11.1. The van der Waals surface area contributed by atoms with Gasteiger partial charge in [-0.2, -0.15) is 0 Å². The first-order chi connectivity index (χ1) is 14.9. The number of esters is 1. The molecule has 1 aliphatic heterocycles. The van der Waals surface area contributed by atoms with Crippen LogP contribution in [0.4, 0.5) is 8.78 Å². The van der Waals surface area contributed by atoms with Gasteiger partial charge in [-0.1, -0.05) is 6.07 Å². The highest BCUT2D eigenvalue weighted by Gasteiger charge is 2.52. The molecule has 0 bridgehead atoms. The number of hydrogen-bond donors (Lipinski definition) is 0. The number of benzene rings is 2. The fourth-order valence-electron chi connectivity index (χ4n) is 3.53. The van der Waals surface area contributed by atoms with Gasteiger partial charge in [0, 0.05) is 0 Å². The van der Waals surface area contributed by atoms with Gasteiger partial charge >= 0.3 is 13.1 Å². The molecule has 0 N–H and O–H groups in total. The fraction of sp³-hybridized carbons (Fsp3) is 0.480. The molecule has 0 radical (unpaired) electrons. The largest absolute Gasteiger partial charge is 0.495 e. The van der Waals surface area contributed by atoms with Crippen molar-refractivity contribution in [2.24, 2.45) is 0 Å². The van der Waals surface area contributed by atoms with Crippen molar-refractivity contribution < 1.29 is 27.6 Å². The van der Waals surface area contributed by atoms with Gasteiger partial charge in [-0.15, -0.1) is 0 Å². The fourth-order valence-corrected chi connectivity index (χ4v) is 3.53. The van der Waals surface area contributed by atoms with Gasteiger partial charge in [-0.25, -0.2) is 13.6 Å². The summed E-state index contributed by atoms with van der Waals surface area (Å²) >= 11 is 0. The summed E-state index contributed by atoms with van der Waals surface area (Å²) in [7, 11) is 0.751. The number of halogens is 2. The van der Waals surface area contributed by atoms with Crippen LogP contribution < -0.4 is 5.46 Å². The molecule has 4 nitrogen and oxygen atoms in total. The van der Waals surface area contributed by atoms with Crippen LogP contribution in [-0.4, -0.2) is 31.4 Å². The zero-order valence-corrected chi connectivity index (χ0v) is 19.8. The normalized spacial score (nSPS) is 18.7. The summed E-state index contributed by atoms with van der Waals surface area (Å²) in [5.74, 6) is -0.856. The van der Waals surface area contributed by atoms with Gasteiger partial charge in [0.15, 0.2) is 0 Å². The van der Waals surface area contributed by atoms with Crippen molar-refractivity contribution in [3.05, 3.63) is 64.2 Å². The molecule has 0 amide bonds. The molecule has 1 saturated heterocycles. The van der Waals surface area contributed by atoms with E-state index in [1.54, 1.807) is 6.07 Å². The molecule has 2 aromatic rings. The van der Waals surface area contributed by atoms with Gasteiger partial charge in [-0.3, -0.25) is 0 Å². The average molecular weight is 444 g/mol. The minimum Gasteiger partial charge on any atom is -0.465 e. The predicted octanol–water partition coefficient (Wildman–Crippen LogP) is 5.23. The molecule has 1 aliphatic carbocycles. The van der Waals surface area contributed by atoms with Crippen LogP contribution in [0.5, 0.6) is 0 Å². The second-order valence-corrected chi connectivity index (χ2v) is 9.53. The summed E-state index contributed by atoms with van der Waals surface area (Å²) in [5.41, 5.74) is 2.92. The number of hydrogen-bond acceptors (Lipinski definition) is 4. The van der Waals surface area contributed by atoms with Gasteiger partial charge < -0.3 is 14.0 Å². The molecular weight excluding hydrogens is 413 g/mol. The lowest BCUT2D eigenvalue weighted by molar-refractivity contribution is 0.00578. The SMILES string of the molecule is COC(=O)c1ccc(C2CC2)cc1F.Cc1cc(F)cc(B2OC(C)(C)C(C)(C)O2)c1C. The minimum atomic E-state index is -0.621. The second-order valence-electron chi connectivity index (χ2n) is 9.53. The Morgan fingerprint density at radius 1 is 1.03 bits per heavy atom. The smallest absolute Gasteiger partial charge is 0.465 e. The Hall–Kier alpha value is -2.25. The number of carbonyl (C=O) groups is 1. The molecule has 172 valence electrons. The molecule has 0 atom stereocenters. The van der Waals surface area contributed by atoms with Crippen molar-refractivity contribution in [2.45, 2.75) is 71.5 Å². The maximum Gasteiger partial charge on any atom is 0.495 e. The van der Waals surface area contributed by atoms with E-state index in [-0.39, 0.29) is 11.4 Å². The van der Waals surface area contributed by atoms with Crippen molar-refractivity contribution in [3.8, 4) is 0 Å². The van der Waals surface area contributed by atoms with E-state index >= 15 is 0 Å². The number of ether oxygens (including phenoxy) is 1. The summed E-state index contributed by atoms with van der Waals surface area (Å²) in [6, 6.07) is 7.76. The monoisotopic (exact) mass is 444 g/mol. The number of rotatable bonds is 3. The highest BCUT2D eigenvalue weighted by Crippen LogP contribution is 2.40. The van der Waals surface area contributed by atoms with Gasteiger partial charge in [0.1, 0.15) is 11.6 Å². The van der Waals surface area contributed by atoms with E-state index in [0.717, 1.165) is 35.0 Å². The maximum atomic E-state index is 13.5. The lowest BCUT2D eigenvalue weighted by Crippen LogP contribution is -2.41. The van der Waals surface area contributed by atoms with Crippen LogP contribution in [0, 0.1) is 25.5 Å². The highest BCUT2D eigenvalue weighted by molar-refractivity contribution is 6.62. The Morgan fingerprint density at radius 2 is 1.62 bits per heavy atom. The zero-order valence-electron chi connectivity index (χ0n) is 19.8. The second kappa shape index (κ2) is 8.95. The van der Waals surface area contributed by atoms with Gasteiger partial charge in [0.25, 0.3) is 0 Å². The number of methoxy groups -OCH3 is 1. The molecule has 0 unspecified atom stereocenters. The van der Waals surface area contributed by atoms with Gasteiger partial charge in [0.2, 0.25) is 0 Å². The summed E-state index contributed by atoms with van der Waals surface area (Å²) in [6.07, 6.45) is 2.24. The number of carbonyl (C=O) groups excluding carboxylic acids is 1. The van der Waals surface area contributed by atoms with Crippen molar-refractivity contribution in [1.82, 2.24) is 0 Å². The summed E-state index contributed by atoms with van der Waals surface area (Å²) < 4.78 is 43.3. The van der Waals surface area contributed by atoms with Crippen LogP contribution in [0.25, 0.3) is 0 Å². The Kier molecular flexibility index (Phi) is 6.82. The van der Waals surface area contributed by atoms with Gasteiger partial charge in [-0.05, 0) is 107 Å². The molecule has 1 saturated carbocycles. The topological polar surface area (TPSA) is 44.8 Å². The van der Waals surface area contributed by atoms with Crippen molar-refractivity contribution in [2.75, 3.05) is 7.11 Å². The molecular formula is C25H31BF2O4. The van der Waals surface area contributed by atoms with E-state index in [4.69, 9.17) is 9.31 Å². The van der Waals surface area contributed by atoms with Crippen LogP contribution in [0.3, 0.4) is 0 Å². The van der Waals surface area contributed by atoms with Crippen molar-refractivity contribution in [3.63, 3.8) is 0 Å². The molecule has 7 heteroatoms. The van der Waals surface area contributed by atoms with Crippen LogP contribution in [0.15, 0.2) is 30.3 Å². The first kappa shape index (κ1) is 24.4. The Morgan fingerprint density at radius 3 is 2.12 bits per heavy atom. The molecule has 4 rings (SSSR count). The molecule has 0 aromatic heterocycles. The zero-order chi connectivity index (χ0) is 23.8. The molecule has 1 heterocycles. The van der Waals surface area contributed by atoms with E-state index < -0.39 is 30.1 Å². The number of aryl methyl sites for hydroxylation is 1. The van der Waals surface area contributed by atoms with Crippen LogP contribution in [-0.2, 0) is 14.0 Å². The Balaban J connectivity index is 0.000000186. The molecule has 2 aromatic carbocycles. The molecule has 2 fully saturated rings. The quantitative estimate of drug-likeness (QED) is 0.481. The van der Waals surface area contributed by atoms with E-state index in [2.05, 4.69) is 4.74 Å². The van der Waals surface area contributed by atoms with Crippen molar-refractivity contribution in [1.29, 1.82) is 0 Å². The summed E-state index contributed by atoms with van der Waals surface area (Å²) in [6.45, 7) is 11.8. The Bertz CT molecular complexity index is 999. The lowest BCUT2D eigenvalue weighted by Gasteiger charge is -2.32. The molecule has 0 spiro atoms. The van der Waals surface area contributed by atoms with Crippen LogP contribution >= 0.6 is 0 Å². The molecule has 32 heavy (non-hydrogen) atoms. The highest BCUT2D eigenvalue weighted by atomic mass is 19.1. The first-order valence-corrected chi connectivity index (χ1v) is 10.9. The average Bonchev–Trinajstić information content (AvgIpc) is 3.51. The minimum absolute atomic E-state index is 0.0110. The maximum absolute atomic E-state index is 13.5. The third-order valence-electron chi connectivity index (χ3n) is 6.63. The molecule has 2 aliphatic rings. The van der Waals surface area contributed by atoms with E-state index in [1.807, 2.05) is 41.5 Å². The van der Waals surface area contributed by atoms with Gasteiger partial charge in [0.05, 0.1) is 23.9 Å². The van der Waals surface area contributed by atoms with E-state index in [1.165, 1.54) is 31.4 Å². The van der Waals surface area contributed by atoms with E-state index in [9.17, 15) is 13.6 Å². The van der Waals surface area contributed by atoms with E-state index in [0.29, 0.717) is 5.92 Å². The first-order valence-electron chi connectivity index (χ1n) is 10.9. The van der Waals surface area contributed by atoms with Crippen molar-refractivity contribution >= 4 is 18.6 Å². The third-order valence-corrected chi connectivity index (χ3v) is 6.63.